The number of hydrogen-bond donors (Lipinski definition) is 4. The summed E-state index contributed by atoms with van der Waals surface area (Å²) < 4.78 is 5.62. The molecule has 9 nitrogen and oxygen atoms in total. The molecular weight excluding hydrogens is 484 g/mol. The maximum atomic E-state index is 13.2. The standard InChI is InChI=1S/C29H36N4O5/c1-17(2)14-25(28(36)32-24(26(30)34)15-18-8-7-13-31-27(18)35)33-29(37)38-16-23-21-11-5-3-9-19(21)20-10-4-6-12-22(20)23/h3-6,9-12,17-18,23-25H,7-8,13-16H2,1-2H3,(H2,30,34)(H,31,35)(H,32,36)(H,33,37)/t18-,24-,25-/m0/s1. The summed E-state index contributed by atoms with van der Waals surface area (Å²) in [6, 6.07) is 14.1. The molecule has 4 rings (SSSR count). The first-order valence-electron chi connectivity index (χ1n) is 13.2. The fraction of sp³-hybridized carbons (Fsp3) is 0.448. The van der Waals surface area contributed by atoms with Gasteiger partial charge in [-0.15, -0.1) is 0 Å². The lowest BCUT2D eigenvalue weighted by Gasteiger charge is -2.27. The van der Waals surface area contributed by atoms with E-state index in [0.717, 1.165) is 28.7 Å². The largest absolute Gasteiger partial charge is 0.449 e. The van der Waals surface area contributed by atoms with Crippen LogP contribution in [0.15, 0.2) is 48.5 Å². The highest BCUT2D eigenvalue weighted by Gasteiger charge is 2.33. The number of fused-ring (bicyclic) bond motifs is 3. The van der Waals surface area contributed by atoms with Crippen molar-refractivity contribution in [1.29, 1.82) is 0 Å². The van der Waals surface area contributed by atoms with E-state index < -0.39 is 35.9 Å². The summed E-state index contributed by atoms with van der Waals surface area (Å²) >= 11 is 0. The van der Waals surface area contributed by atoms with Crippen molar-refractivity contribution in [2.45, 2.75) is 57.5 Å². The Bertz CT molecular complexity index is 1150. The lowest BCUT2D eigenvalue weighted by atomic mass is 9.91. The first-order chi connectivity index (χ1) is 18.2. The highest BCUT2D eigenvalue weighted by Crippen LogP contribution is 2.44. The average Bonchev–Trinajstić information content (AvgIpc) is 3.21. The van der Waals surface area contributed by atoms with Gasteiger partial charge < -0.3 is 26.4 Å². The first kappa shape index (κ1) is 27.2. The molecule has 2 aromatic rings. The second kappa shape index (κ2) is 12.1. The minimum atomic E-state index is -1.02. The number of nitrogens with two attached hydrogens (primary N) is 1. The Hall–Kier alpha value is -3.88. The quantitative estimate of drug-likeness (QED) is 0.381. The van der Waals surface area contributed by atoms with Crippen molar-refractivity contribution in [3.63, 3.8) is 0 Å². The molecule has 0 radical (unpaired) electrons. The van der Waals surface area contributed by atoms with Crippen molar-refractivity contribution in [3.8, 4) is 11.1 Å². The van der Waals surface area contributed by atoms with E-state index >= 15 is 0 Å². The smallest absolute Gasteiger partial charge is 0.407 e. The molecule has 3 atom stereocenters. The average molecular weight is 521 g/mol. The van der Waals surface area contributed by atoms with E-state index in [1.54, 1.807) is 0 Å². The van der Waals surface area contributed by atoms with E-state index in [-0.39, 0.29) is 30.8 Å². The minimum absolute atomic E-state index is 0.0794. The summed E-state index contributed by atoms with van der Waals surface area (Å²) in [4.78, 5) is 50.2. The fourth-order valence-electron chi connectivity index (χ4n) is 5.35. The number of nitrogens with one attached hydrogen (secondary N) is 3. The summed E-state index contributed by atoms with van der Waals surface area (Å²) in [7, 11) is 0. The van der Waals surface area contributed by atoms with Gasteiger partial charge in [0.25, 0.3) is 0 Å². The molecule has 4 amide bonds. The van der Waals surface area contributed by atoms with Gasteiger partial charge in [-0.25, -0.2) is 4.79 Å². The number of amides is 4. The lowest BCUT2D eigenvalue weighted by Crippen LogP contribution is -2.54. The van der Waals surface area contributed by atoms with E-state index in [1.165, 1.54) is 0 Å². The van der Waals surface area contributed by atoms with Crippen molar-refractivity contribution >= 4 is 23.8 Å². The van der Waals surface area contributed by atoms with Crippen LogP contribution in [0.1, 0.15) is 56.6 Å². The Balaban J connectivity index is 1.39. The second-order valence-corrected chi connectivity index (χ2v) is 10.5. The molecule has 1 heterocycles. The van der Waals surface area contributed by atoms with Crippen molar-refractivity contribution in [2.24, 2.45) is 17.6 Å². The summed E-state index contributed by atoms with van der Waals surface area (Å²) in [6.07, 6.45) is 1.17. The number of carbonyl (C=O) groups excluding carboxylic acids is 4. The van der Waals surface area contributed by atoms with E-state index in [0.29, 0.717) is 19.4 Å². The predicted octanol–water partition coefficient (Wildman–Crippen LogP) is 2.83. The molecule has 38 heavy (non-hydrogen) atoms. The molecule has 1 saturated heterocycles. The molecular formula is C29H36N4O5. The number of alkyl carbamates (subject to hydrolysis) is 1. The summed E-state index contributed by atoms with van der Waals surface area (Å²) in [5, 5.41) is 8.10. The third-order valence-corrected chi connectivity index (χ3v) is 7.24. The fourth-order valence-corrected chi connectivity index (χ4v) is 5.35. The van der Waals surface area contributed by atoms with E-state index in [2.05, 4.69) is 28.1 Å². The van der Waals surface area contributed by atoms with E-state index in [4.69, 9.17) is 10.5 Å². The number of primary amides is 1. The molecule has 5 N–H and O–H groups in total. The summed E-state index contributed by atoms with van der Waals surface area (Å²) in [6.45, 7) is 4.58. The SMILES string of the molecule is CC(C)C[C@H](NC(=O)OCC1c2ccccc2-c2ccccc21)C(=O)N[C@@H](C[C@@H]1CCCNC1=O)C(N)=O. The van der Waals surface area contributed by atoms with Gasteiger partial charge in [0.15, 0.2) is 0 Å². The van der Waals surface area contributed by atoms with Gasteiger partial charge in [0, 0.05) is 18.4 Å². The van der Waals surface area contributed by atoms with Crippen LogP contribution in [-0.4, -0.2) is 49.1 Å². The Morgan fingerprint density at radius 3 is 2.21 bits per heavy atom. The highest BCUT2D eigenvalue weighted by atomic mass is 16.5. The van der Waals surface area contributed by atoms with Gasteiger partial charge in [0.05, 0.1) is 0 Å². The van der Waals surface area contributed by atoms with Crippen LogP contribution < -0.4 is 21.7 Å². The second-order valence-electron chi connectivity index (χ2n) is 10.5. The third kappa shape index (κ3) is 6.33. The topological polar surface area (TPSA) is 140 Å². The molecule has 1 aliphatic heterocycles. The normalized spacial score (nSPS) is 18.1. The van der Waals surface area contributed by atoms with Crippen LogP contribution in [0, 0.1) is 11.8 Å². The van der Waals surface area contributed by atoms with Crippen LogP contribution in [0.3, 0.4) is 0 Å². The number of carbonyl (C=O) groups is 4. The molecule has 1 aliphatic carbocycles. The Kier molecular flexibility index (Phi) is 8.66. The summed E-state index contributed by atoms with van der Waals surface area (Å²) in [5.74, 6) is -1.83. The number of benzene rings is 2. The van der Waals surface area contributed by atoms with Crippen LogP contribution in [-0.2, 0) is 19.1 Å². The number of hydrogen-bond acceptors (Lipinski definition) is 5. The van der Waals surface area contributed by atoms with Crippen LogP contribution in [0.5, 0.6) is 0 Å². The van der Waals surface area contributed by atoms with Gasteiger partial charge in [0.2, 0.25) is 17.7 Å². The van der Waals surface area contributed by atoms with Crippen molar-refractivity contribution in [1.82, 2.24) is 16.0 Å². The van der Waals surface area contributed by atoms with Gasteiger partial charge in [-0.2, -0.15) is 0 Å². The Labute approximate surface area is 222 Å². The van der Waals surface area contributed by atoms with Crippen molar-refractivity contribution < 1.29 is 23.9 Å². The third-order valence-electron chi connectivity index (χ3n) is 7.24. The zero-order chi connectivity index (χ0) is 27.2. The predicted molar refractivity (Wildman–Crippen MR) is 143 cm³/mol. The lowest BCUT2D eigenvalue weighted by molar-refractivity contribution is -0.131. The van der Waals surface area contributed by atoms with Crippen molar-refractivity contribution in [3.05, 3.63) is 59.7 Å². The zero-order valence-electron chi connectivity index (χ0n) is 21.9. The highest BCUT2D eigenvalue weighted by molar-refractivity contribution is 5.91. The summed E-state index contributed by atoms with van der Waals surface area (Å²) in [5.41, 5.74) is 9.98. The molecule has 2 aromatic carbocycles. The van der Waals surface area contributed by atoms with Crippen LogP contribution in [0.4, 0.5) is 4.79 Å². The first-order valence-corrected chi connectivity index (χ1v) is 13.2. The number of rotatable bonds is 10. The Morgan fingerprint density at radius 2 is 1.63 bits per heavy atom. The van der Waals surface area contributed by atoms with E-state index in [1.807, 2.05) is 50.2 Å². The minimum Gasteiger partial charge on any atom is -0.449 e. The molecule has 0 saturated carbocycles. The molecule has 202 valence electrons. The van der Waals surface area contributed by atoms with Crippen LogP contribution in [0.2, 0.25) is 0 Å². The van der Waals surface area contributed by atoms with Gasteiger partial charge in [-0.05, 0) is 53.9 Å². The number of piperidine rings is 1. The van der Waals surface area contributed by atoms with Gasteiger partial charge in [-0.3, -0.25) is 14.4 Å². The number of ether oxygens (including phenoxy) is 1. The molecule has 0 unspecified atom stereocenters. The van der Waals surface area contributed by atoms with E-state index in [9.17, 15) is 19.2 Å². The Morgan fingerprint density at radius 1 is 1.00 bits per heavy atom. The van der Waals surface area contributed by atoms with Gasteiger partial charge in [0.1, 0.15) is 18.7 Å². The van der Waals surface area contributed by atoms with Gasteiger partial charge >= 0.3 is 6.09 Å². The molecule has 0 bridgehead atoms. The molecule has 2 aliphatic rings. The molecule has 0 aromatic heterocycles. The zero-order valence-corrected chi connectivity index (χ0v) is 21.9. The van der Waals surface area contributed by atoms with Crippen LogP contribution >= 0.6 is 0 Å². The maximum Gasteiger partial charge on any atom is 0.407 e. The maximum absolute atomic E-state index is 13.2. The molecule has 1 fully saturated rings. The molecule has 0 spiro atoms. The monoisotopic (exact) mass is 520 g/mol. The van der Waals surface area contributed by atoms with Crippen LogP contribution in [0.25, 0.3) is 11.1 Å². The van der Waals surface area contributed by atoms with Crippen molar-refractivity contribution in [2.75, 3.05) is 13.2 Å². The van der Waals surface area contributed by atoms with Gasteiger partial charge in [-0.1, -0.05) is 62.4 Å². The molecule has 9 heteroatoms.